The fraction of sp³-hybridized carbons (Fsp3) is 0.500. The van der Waals surface area contributed by atoms with E-state index in [2.05, 4.69) is 4.98 Å². The molecule has 0 bridgehead atoms. The largest absolute Gasteiger partial charge is 0.480 e. The number of aromatic nitrogens is 1. The molecule has 114 valence electrons. The van der Waals surface area contributed by atoms with Crippen molar-refractivity contribution in [3.63, 3.8) is 0 Å². The molecule has 0 spiro atoms. The van der Waals surface area contributed by atoms with E-state index >= 15 is 0 Å². The Morgan fingerprint density at radius 1 is 1.43 bits per heavy atom. The molecule has 7 heteroatoms. The number of aliphatic hydroxyl groups excluding tert-OH is 1. The minimum atomic E-state index is -1.08. The molecule has 2 heterocycles. The van der Waals surface area contributed by atoms with Crippen LogP contribution in [0.4, 0.5) is 4.79 Å². The van der Waals surface area contributed by atoms with Gasteiger partial charge in [0, 0.05) is 38.4 Å². The number of carbonyl (C=O) groups excluding carboxylic acids is 1. The molecule has 1 aliphatic rings. The Hall–Kier alpha value is -2.15. The first kappa shape index (κ1) is 15.2. The number of aliphatic hydroxyl groups is 1. The third-order valence-electron chi connectivity index (χ3n) is 3.58. The van der Waals surface area contributed by atoms with Crippen molar-refractivity contribution >= 4 is 12.0 Å². The maximum absolute atomic E-state index is 12.5. The van der Waals surface area contributed by atoms with E-state index in [4.69, 9.17) is 5.11 Å². The van der Waals surface area contributed by atoms with Gasteiger partial charge >= 0.3 is 12.0 Å². The highest BCUT2D eigenvalue weighted by Gasteiger charge is 2.40. The van der Waals surface area contributed by atoms with E-state index in [0.29, 0.717) is 13.1 Å². The van der Waals surface area contributed by atoms with Crippen LogP contribution in [-0.4, -0.2) is 62.2 Å². The maximum atomic E-state index is 12.5. The van der Waals surface area contributed by atoms with Crippen LogP contribution < -0.4 is 0 Å². The molecule has 1 fully saturated rings. The molecular formula is C14H19N3O4. The second-order valence-electron chi connectivity index (χ2n) is 5.05. The highest BCUT2D eigenvalue weighted by Crippen LogP contribution is 2.20. The summed E-state index contributed by atoms with van der Waals surface area (Å²) in [5, 5.41) is 18.8. The average Bonchev–Trinajstić information content (AvgIpc) is 2.87. The normalized spacial score (nSPS) is 21.3. The number of nitrogens with zero attached hydrogens (tertiary/aromatic N) is 3. The number of carboxylic acid groups (broad SMARTS) is 1. The molecule has 1 aromatic heterocycles. The number of urea groups is 1. The lowest BCUT2D eigenvalue weighted by molar-refractivity contribution is -0.141. The van der Waals surface area contributed by atoms with Gasteiger partial charge in [0.15, 0.2) is 0 Å². The first-order chi connectivity index (χ1) is 10.0. The zero-order valence-electron chi connectivity index (χ0n) is 11.8. The van der Waals surface area contributed by atoms with Crippen molar-refractivity contribution in [2.24, 2.45) is 0 Å². The summed E-state index contributed by atoms with van der Waals surface area (Å²) in [6.07, 6.45) is 2.59. The summed E-state index contributed by atoms with van der Waals surface area (Å²) in [6, 6.07) is 2.30. The highest BCUT2D eigenvalue weighted by molar-refractivity contribution is 5.83. The van der Waals surface area contributed by atoms with Gasteiger partial charge < -0.3 is 20.0 Å². The van der Waals surface area contributed by atoms with Gasteiger partial charge in [0.05, 0.1) is 6.10 Å². The molecule has 1 aliphatic heterocycles. The van der Waals surface area contributed by atoms with Crippen molar-refractivity contribution in [1.29, 1.82) is 0 Å². The number of carboxylic acids is 1. The van der Waals surface area contributed by atoms with Crippen molar-refractivity contribution in [2.75, 3.05) is 13.1 Å². The molecule has 0 radical (unpaired) electrons. The van der Waals surface area contributed by atoms with Gasteiger partial charge in [0.25, 0.3) is 0 Å². The van der Waals surface area contributed by atoms with Crippen LogP contribution in [0.1, 0.15) is 18.9 Å². The SMILES string of the molecule is CCN(Cc1ccncc1)C(=O)N1CC(O)CC1C(=O)O. The van der Waals surface area contributed by atoms with Gasteiger partial charge in [-0.25, -0.2) is 9.59 Å². The molecule has 7 nitrogen and oxygen atoms in total. The fourth-order valence-electron chi connectivity index (χ4n) is 2.46. The summed E-state index contributed by atoms with van der Waals surface area (Å²) in [4.78, 5) is 30.4. The lowest BCUT2D eigenvalue weighted by atomic mass is 10.2. The Morgan fingerprint density at radius 2 is 2.10 bits per heavy atom. The number of pyridine rings is 1. The molecule has 2 N–H and O–H groups in total. The summed E-state index contributed by atoms with van der Waals surface area (Å²) in [5.41, 5.74) is 0.923. The van der Waals surface area contributed by atoms with E-state index in [1.807, 2.05) is 19.1 Å². The van der Waals surface area contributed by atoms with Gasteiger partial charge in [-0.3, -0.25) is 4.98 Å². The van der Waals surface area contributed by atoms with Gasteiger partial charge in [0.2, 0.25) is 0 Å². The molecular weight excluding hydrogens is 274 g/mol. The van der Waals surface area contributed by atoms with Gasteiger partial charge in [0.1, 0.15) is 6.04 Å². The maximum Gasteiger partial charge on any atom is 0.326 e. The van der Waals surface area contributed by atoms with Gasteiger partial charge in [-0.05, 0) is 24.6 Å². The number of hydrogen-bond donors (Lipinski definition) is 2. The van der Waals surface area contributed by atoms with Crippen LogP contribution in [0.5, 0.6) is 0 Å². The lowest BCUT2D eigenvalue weighted by Gasteiger charge is -2.29. The summed E-state index contributed by atoms with van der Waals surface area (Å²) in [7, 11) is 0. The number of β-amino-alcohol motifs (C(OH)–C–C–N with tert-alkyl or cyclic N) is 1. The number of carbonyl (C=O) groups is 2. The zero-order chi connectivity index (χ0) is 15.4. The predicted octanol–water partition coefficient (Wildman–Crippen LogP) is 0.543. The van der Waals surface area contributed by atoms with Gasteiger partial charge in [-0.1, -0.05) is 0 Å². The lowest BCUT2D eigenvalue weighted by Crippen LogP contribution is -2.47. The Kier molecular flexibility index (Phi) is 4.74. The fourth-order valence-corrected chi connectivity index (χ4v) is 2.46. The second kappa shape index (κ2) is 6.53. The minimum absolute atomic E-state index is 0.0582. The quantitative estimate of drug-likeness (QED) is 0.845. The molecule has 1 saturated heterocycles. The van der Waals surface area contributed by atoms with Crippen molar-refractivity contribution in [1.82, 2.24) is 14.8 Å². The van der Waals surface area contributed by atoms with Crippen molar-refractivity contribution in [3.05, 3.63) is 30.1 Å². The van der Waals surface area contributed by atoms with E-state index in [-0.39, 0.29) is 19.0 Å². The topological polar surface area (TPSA) is 94.0 Å². The second-order valence-corrected chi connectivity index (χ2v) is 5.05. The van der Waals surface area contributed by atoms with Crippen molar-refractivity contribution < 1.29 is 19.8 Å². The molecule has 1 aromatic rings. The van der Waals surface area contributed by atoms with E-state index in [9.17, 15) is 14.7 Å². The molecule has 2 unspecified atom stereocenters. The Balaban J connectivity index is 2.10. The number of rotatable bonds is 4. The first-order valence-electron chi connectivity index (χ1n) is 6.88. The third-order valence-corrected chi connectivity index (χ3v) is 3.58. The molecule has 0 aliphatic carbocycles. The van der Waals surface area contributed by atoms with Crippen LogP contribution in [-0.2, 0) is 11.3 Å². The van der Waals surface area contributed by atoms with Crippen LogP contribution in [0, 0.1) is 0 Å². The molecule has 2 amide bonds. The summed E-state index contributed by atoms with van der Waals surface area (Å²) in [5.74, 6) is -1.08. The molecule has 2 rings (SSSR count). The molecule has 2 atom stereocenters. The average molecular weight is 293 g/mol. The van der Waals surface area contributed by atoms with Crippen molar-refractivity contribution in [3.8, 4) is 0 Å². The van der Waals surface area contributed by atoms with Crippen LogP contribution in [0.2, 0.25) is 0 Å². The number of aliphatic carboxylic acids is 1. The molecule has 0 aromatic carbocycles. The zero-order valence-corrected chi connectivity index (χ0v) is 11.8. The van der Waals surface area contributed by atoms with Crippen LogP contribution in [0.3, 0.4) is 0 Å². The Bertz CT molecular complexity index is 508. The summed E-state index contributed by atoms with van der Waals surface area (Å²) >= 11 is 0. The third kappa shape index (κ3) is 3.49. The first-order valence-corrected chi connectivity index (χ1v) is 6.88. The number of hydrogen-bond acceptors (Lipinski definition) is 4. The molecule has 21 heavy (non-hydrogen) atoms. The Labute approximate surface area is 122 Å². The Morgan fingerprint density at radius 3 is 2.67 bits per heavy atom. The molecule has 0 saturated carbocycles. The monoisotopic (exact) mass is 293 g/mol. The standard InChI is InChI=1S/C14H19N3O4/c1-2-16(8-10-3-5-15-6-4-10)14(21)17-9-11(18)7-12(17)13(19)20/h3-6,11-12,18H,2,7-9H2,1H3,(H,19,20). The number of amides is 2. The van der Waals surface area contributed by atoms with E-state index in [0.717, 1.165) is 5.56 Å². The van der Waals surface area contributed by atoms with Crippen LogP contribution in [0.25, 0.3) is 0 Å². The summed E-state index contributed by atoms with van der Waals surface area (Å²) < 4.78 is 0. The minimum Gasteiger partial charge on any atom is -0.480 e. The van der Waals surface area contributed by atoms with E-state index < -0.39 is 18.1 Å². The smallest absolute Gasteiger partial charge is 0.326 e. The van der Waals surface area contributed by atoms with E-state index in [1.54, 1.807) is 17.3 Å². The van der Waals surface area contributed by atoms with Crippen LogP contribution >= 0.6 is 0 Å². The predicted molar refractivity (Wildman–Crippen MR) is 74.5 cm³/mol. The van der Waals surface area contributed by atoms with Gasteiger partial charge in [-0.2, -0.15) is 0 Å². The highest BCUT2D eigenvalue weighted by atomic mass is 16.4. The van der Waals surface area contributed by atoms with E-state index in [1.165, 1.54) is 4.90 Å². The number of likely N-dealkylation sites (tertiary alicyclic amines) is 1. The van der Waals surface area contributed by atoms with Crippen molar-refractivity contribution in [2.45, 2.75) is 32.0 Å². The summed E-state index contributed by atoms with van der Waals surface area (Å²) in [6.45, 7) is 2.74. The van der Waals surface area contributed by atoms with Gasteiger partial charge in [-0.15, -0.1) is 0 Å². The van der Waals surface area contributed by atoms with Crippen LogP contribution in [0.15, 0.2) is 24.5 Å².